The van der Waals surface area contributed by atoms with E-state index >= 15 is 0 Å². The van der Waals surface area contributed by atoms with Crippen molar-refractivity contribution in [1.82, 2.24) is 9.88 Å². The second-order valence-corrected chi connectivity index (χ2v) is 6.75. The van der Waals surface area contributed by atoms with Crippen molar-refractivity contribution in [3.63, 3.8) is 0 Å². The van der Waals surface area contributed by atoms with Gasteiger partial charge in [-0.3, -0.25) is 9.78 Å². The standard InChI is InChI=1S/C23H23N5O2/c1-28(2)23(19(14-24)15-25)27-20-9-5-7-17(13-20)21(10-3-4-11-22(29)30)18-8-6-12-26-16-18/h5-10,12-13,16,19H,3-4,11H2,1-2H3,(H,29,30)/b21-10+,27-23?. The molecule has 0 aliphatic rings. The third-order valence-electron chi connectivity index (χ3n) is 4.29. The van der Waals surface area contributed by atoms with Gasteiger partial charge in [-0.2, -0.15) is 10.5 Å². The number of allylic oxidation sites excluding steroid dienone is 1. The van der Waals surface area contributed by atoms with Gasteiger partial charge in [-0.05, 0) is 42.2 Å². The molecule has 0 bridgehead atoms. The summed E-state index contributed by atoms with van der Waals surface area (Å²) in [7, 11) is 3.49. The van der Waals surface area contributed by atoms with Gasteiger partial charge in [-0.1, -0.05) is 24.3 Å². The van der Waals surface area contributed by atoms with Gasteiger partial charge in [0, 0.05) is 38.5 Å². The predicted molar refractivity (Wildman–Crippen MR) is 115 cm³/mol. The Kier molecular flexibility index (Phi) is 8.28. The number of aliphatic imine (C=N–C) groups is 1. The van der Waals surface area contributed by atoms with Gasteiger partial charge in [0.15, 0.2) is 5.92 Å². The number of aromatic nitrogens is 1. The zero-order valence-corrected chi connectivity index (χ0v) is 17.0. The Morgan fingerprint density at radius 1 is 1.23 bits per heavy atom. The molecule has 0 saturated heterocycles. The highest BCUT2D eigenvalue weighted by Gasteiger charge is 2.17. The van der Waals surface area contributed by atoms with Crippen LogP contribution in [-0.2, 0) is 4.79 Å². The van der Waals surface area contributed by atoms with E-state index in [9.17, 15) is 15.3 Å². The van der Waals surface area contributed by atoms with E-state index in [0.717, 1.165) is 16.7 Å². The number of amidine groups is 1. The Bertz CT molecular complexity index is 1000. The molecule has 1 N–H and O–H groups in total. The average molecular weight is 401 g/mol. The first-order valence-corrected chi connectivity index (χ1v) is 9.44. The number of nitrogens with zero attached hydrogens (tertiary/aromatic N) is 5. The number of rotatable bonds is 8. The summed E-state index contributed by atoms with van der Waals surface area (Å²) in [6.07, 6.45) is 6.71. The molecule has 30 heavy (non-hydrogen) atoms. The van der Waals surface area contributed by atoms with Crippen molar-refractivity contribution in [2.24, 2.45) is 10.9 Å². The van der Waals surface area contributed by atoms with Crippen molar-refractivity contribution in [2.75, 3.05) is 14.1 Å². The first-order chi connectivity index (χ1) is 14.5. The van der Waals surface area contributed by atoms with E-state index in [1.165, 1.54) is 0 Å². The van der Waals surface area contributed by atoms with Crippen molar-refractivity contribution >= 4 is 23.1 Å². The zero-order chi connectivity index (χ0) is 21.9. The van der Waals surface area contributed by atoms with Crippen molar-refractivity contribution in [2.45, 2.75) is 19.3 Å². The molecular formula is C23H23N5O2. The van der Waals surface area contributed by atoms with Gasteiger partial charge in [0.25, 0.3) is 0 Å². The lowest BCUT2D eigenvalue weighted by molar-refractivity contribution is -0.137. The maximum absolute atomic E-state index is 10.8. The van der Waals surface area contributed by atoms with Crippen molar-refractivity contribution in [1.29, 1.82) is 10.5 Å². The van der Waals surface area contributed by atoms with Gasteiger partial charge in [0.05, 0.1) is 17.8 Å². The maximum Gasteiger partial charge on any atom is 0.303 e. The first kappa shape index (κ1) is 22.3. The topological polar surface area (TPSA) is 113 Å². The van der Waals surface area contributed by atoms with Crippen LogP contribution in [0.1, 0.15) is 30.4 Å². The highest BCUT2D eigenvalue weighted by Crippen LogP contribution is 2.27. The van der Waals surface area contributed by atoms with E-state index in [0.29, 0.717) is 24.4 Å². The largest absolute Gasteiger partial charge is 0.481 e. The molecule has 0 fully saturated rings. The monoisotopic (exact) mass is 401 g/mol. The normalized spacial score (nSPS) is 11.6. The Labute approximate surface area is 176 Å². The summed E-state index contributed by atoms with van der Waals surface area (Å²) in [5, 5.41) is 27.3. The van der Waals surface area contributed by atoms with Crippen LogP contribution in [0.2, 0.25) is 0 Å². The number of benzene rings is 1. The summed E-state index contributed by atoms with van der Waals surface area (Å²) in [4.78, 5) is 21.2. The molecule has 152 valence electrons. The zero-order valence-electron chi connectivity index (χ0n) is 17.0. The summed E-state index contributed by atoms with van der Waals surface area (Å²) >= 11 is 0. The minimum Gasteiger partial charge on any atom is -0.481 e. The number of aliphatic carboxylic acids is 1. The summed E-state index contributed by atoms with van der Waals surface area (Å²) in [6, 6.07) is 15.2. The highest BCUT2D eigenvalue weighted by atomic mass is 16.4. The van der Waals surface area contributed by atoms with Gasteiger partial charge in [0.1, 0.15) is 5.84 Å². The summed E-state index contributed by atoms with van der Waals surface area (Å²) in [5.41, 5.74) is 3.35. The number of hydrogen-bond acceptors (Lipinski definition) is 5. The van der Waals surface area contributed by atoms with Crippen molar-refractivity contribution in [3.05, 3.63) is 66.0 Å². The molecule has 7 nitrogen and oxygen atoms in total. The van der Waals surface area contributed by atoms with E-state index in [2.05, 4.69) is 9.98 Å². The van der Waals surface area contributed by atoms with Crippen LogP contribution in [0.15, 0.2) is 59.9 Å². The van der Waals surface area contributed by atoms with Crippen LogP contribution in [0.3, 0.4) is 0 Å². The first-order valence-electron chi connectivity index (χ1n) is 9.44. The Balaban J connectivity index is 2.45. The van der Waals surface area contributed by atoms with Crippen molar-refractivity contribution in [3.8, 4) is 12.1 Å². The van der Waals surface area contributed by atoms with E-state index in [-0.39, 0.29) is 6.42 Å². The molecule has 0 unspecified atom stereocenters. The summed E-state index contributed by atoms with van der Waals surface area (Å²) < 4.78 is 0. The summed E-state index contributed by atoms with van der Waals surface area (Å²) in [6.45, 7) is 0. The van der Waals surface area contributed by atoms with Gasteiger partial charge in [-0.25, -0.2) is 4.99 Å². The lowest BCUT2D eigenvalue weighted by Crippen LogP contribution is -2.28. The second-order valence-electron chi connectivity index (χ2n) is 6.75. The minimum absolute atomic E-state index is 0.108. The van der Waals surface area contributed by atoms with Crippen LogP contribution in [0.25, 0.3) is 5.57 Å². The molecule has 0 radical (unpaired) electrons. The fourth-order valence-electron chi connectivity index (χ4n) is 2.87. The Morgan fingerprint density at radius 3 is 2.57 bits per heavy atom. The van der Waals surface area contributed by atoms with Gasteiger partial charge < -0.3 is 10.0 Å². The molecule has 7 heteroatoms. The molecule has 0 saturated carbocycles. The van der Waals surface area contributed by atoms with Crippen LogP contribution in [-0.4, -0.2) is 40.9 Å². The van der Waals surface area contributed by atoms with Crippen LogP contribution >= 0.6 is 0 Å². The lowest BCUT2D eigenvalue weighted by atomic mass is 9.97. The second kappa shape index (κ2) is 11.1. The Morgan fingerprint density at radius 2 is 1.97 bits per heavy atom. The third-order valence-corrected chi connectivity index (χ3v) is 4.29. The number of carboxylic acid groups (broad SMARTS) is 1. The molecule has 0 amide bonds. The van der Waals surface area contributed by atoms with E-state index in [1.807, 2.05) is 54.6 Å². The fraction of sp³-hybridized carbons (Fsp3) is 0.261. The third kappa shape index (κ3) is 6.29. The Hall–Kier alpha value is -3.97. The number of carboxylic acids is 1. The van der Waals surface area contributed by atoms with Gasteiger partial charge >= 0.3 is 5.97 Å². The fourth-order valence-corrected chi connectivity index (χ4v) is 2.87. The molecule has 1 heterocycles. The van der Waals surface area contributed by atoms with Crippen LogP contribution in [0.4, 0.5) is 5.69 Å². The average Bonchev–Trinajstić information content (AvgIpc) is 2.74. The smallest absolute Gasteiger partial charge is 0.303 e. The van der Waals surface area contributed by atoms with E-state index < -0.39 is 11.9 Å². The molecule has 0 atom stereocenters. The molecule has 0 aliphatic carbocycles. The molecule has 0 aliphatic heterocycles. The number of nitriles is 2. The van der Waals surface area contributed by atoms with Crippen molar-refractivity contribution < 1.29 is 9.90 Å². The van der Waals surface area contributed by atoms with Gasteiger partial charge in [0.2, 0.25) is 0 Å². The molecule has 1 aromatic heterocycles. The number of hydrogen-bond donors (Lipinski definition) is 1. The SMILES string of the molecule is CN(C)C(=Nc1cccc(/C(=C\CCCC(=O)O)c2cccnc2)c1)C(C#N)C#N. The molecule has 1 aromatic carbocycles. The maximum atomic E-state index is 10.8. The van der Waals surface area contributed by atoms with Crippen LogP contribution in [0, 0.1) is 28.6 Å². The lowest BCUT2D eigenvalue weighted by Gasteiger charge is -2.16. The number of pyridine rings is 1. The van der Waals surface area contributed by atoms with Gasteiger partial charge in [-0.15, -0.1) is 0 Å². The molecule has 2 aromatic rings. The molecular weight excluding hydrogens is 378 g/mol. The summed E-state index contributed by atoms with van der Waals surface area (Å²) in [5.74, 6) is -1.41. The molecule has 0 spiro atoms. The van der Waals surface area contributed by atoms with Crippen LogP contribution in [0.5, 0.6) is 0 Å². The minimum atomic E-state index is -0.965. The van der Waals surface area contributed by atoms with E-state index in [1.54, 1.807) is 31.4 Å². The number of carbonyl (C=O) groups is 1. The van der Waals surface area contributed by atoms with E-state index in [4.69, 9.17) is 5.11 Å². The number of unbranched alkanes of at least 4 members (excludes halogenated alkanes) is 1. The quantitative estimate of drug-likeness (QED) is 0.406. The highest BCUT2D eigenvalue weighted by molar-refractivity contribution is 5.91. The van der Waals surface area contributed by atoms with Crippen LogP contribution < -0.4 is 0 Å². The predicted octanol–water partition coefficient (Wildman–Crippen LogP) is 4.02. The molecule has 2 rings (SSSR count).